The molecule has 2 aromatic carbocycles. The Morgan fingerprint density at radius 2 is 1.36 bits per heavy atom. The van der Waals surface area contributed by atoms with E-state index in [1.54, 1.807) is 12.2 Å². The van der Waals surface area contributed by atoms with Crippen LogP contribution in [0.25, 0.3) is 0 Å². The van der Waals surface area contributed by atoms with Crippen LogP contribution in [0.2, 0.25) is 0 Å². The van der Waals surface area contributed by atoms with Crippen LogP contribution < -0.4 is 0 Å². The molecule has 0 fully saturated rings. The summed E-state index contributed by atoms with van der Waals surface area (Å²) in [5, 5.41) is 9.76. The maximum Gasteiger partial charge on any atom is 0.122 e. The number of phenolic OH excluding ortho intramolecular Hbond substituents is 1. The van der Waals surface area contributed by atoms with Crippen LogP contribution in [0.1, 0.15) is 36.5 Å². The van der Waals surface area contributed by atoms with E-state index in [9.17, 15) is 5.11 Å². The molecule has 0 saturated carbocycles. The van der Waals surface area contributed by atoms with Crippen LogP contribution in [0.3, 0.4) is 0 Å². The number of hydrogen-bond donors (Lipinski definition) is 1. The van der Waals surface area contributed by atoms with Crippen molar-refractivity contribution in [1.82, 2.24) is 0 Å². The van der Waals surface area contributed by atoms with Gasteiger partial charge in [-0.3, -0.25) is 0 Å². The summed E-state index contributed by atoms with van der Waals surface area (Å²) in [7, 11) is 0. The molecule has 0 saturated heterocycles. The van der Waals surface area contributed by atoms with Gasteiger partial charge in [0.1, 0.15) is 5.75 Å². The number of hydrogen-bond acceptors (Lipinski definition) is 1. The molecular formula is C21H26O. The molecule has 2 rings (SSSR count). The first-order valence-corrected chi connectivity index (χ1v) is 7.66. The van der Waals surface area contributed by atoms with Crippen LogP contribution in [0.5, 0.6) is 5.75 Å². The fourth-order valence-electron chi connectivity index (χ4n) is 2.12. The molecule has 22 heavy (non-hydrogen) atoms. The molecule has 0 aromatic heterocycles. The predicted molar refractivity (Wildman–Crippen MR) is 96.4 cm³/mol. The van der Waals surface area contributed by atoms with Gasteiger partial charge in [-0.15, -0.1) is 13.2 Å². The van der Waals surface area contributed by atoms with Gasteiger partial charge < -0.3 is 5.11 Å². The molecule has 2 aromatic rings. The zero-order chi connectivity index (χ0) is 16.4. The molecule has 0 aliphatic heterocycles. The second-order valence-corrected chi connectivity index (χ2v) is 5.48. The van der Waals surface area contributed by atoms with Gasteiger partial charge in [0, 0.05) is 0 Å². The number of allylic oxidation sites excluding steroid dienone is 2. The lowest BCUT2D eigenvalue weighted by atomic mass is 10.0. The summed E-state index contributed by atoms with van der Waals surface area (Å²) < 4.78 is 0. The summed E-state index contributed by atoms with van der Waals surface area (Å²) >= 11 is 0. The van der Waals surface area contributed by atoms with Crippen molar-refractivity contribution in [2.75, 3.05) is 0 Å². The average Bonchev–Trinajstić information content (AvgIpc) is 2.53. The zero-order valence-electron chi connectivity index (χ0n) is 13.6. The van der Waals surface area contributed by atoms with E-state index >= 15 is 0 Å². The lowest BCUT2D eigenvalue weighted by molar-refractivity contribution is 0.464. The van der Waals surface area contributed by atoms with E-state index in [-0.39, 0.29) is 0 Å². The van der Waals surface area contributed by atoms with Gasteiger partial charge in [0.25, 0.3) is 0 Å². The fraction of sp³-hybridized carbons (Fsp3) is 0.238. The Balaban J connectivity index is 0.000000235. The minimum atomic E-state index is 0.377. The van der Waals surface area contributed by atoms with Gasteiger partial charge in [-0.05, 0) is 35.4 Å². The first-order chi connectivity index (χ1) is 10.6. The fourth-order valence-corrected chi connectivity index (χ4v) is 2.12. The summed E-state index contributed by atoms with van der Waals surface area (Å²) in [6.45, 7) is 11.7. The Labute approximate surface area is 134 Å². The molecule has 0 bridgehead atoms. The molecule has 0 radical (unpaired) electrons. The van der Waals surface area contributed by atoms with E-state index in [4.69, 9.17) is 0 Å². The Kier molecular flexibility index (Phi) is 7.77. The highest BCUT2D eigenvalue weighted by Gasteiger charge is 2.03. The molecule has 0 atom stereocenters. The summed E-state index contributed by atoms with van der Waals surface area (Å²) in [6, 6.07) is 16.3. The summed E-state index contributed by atoms with van der Waals surface area (Å²) in [5.74, 6) is 1.04. The summed E-state index contributed by atoms with van der Waals surface area (Å²) in [5.41, 5.74) is 3.27. The van der Waals surface area contributed by atoms with Crippen molar-refractivity contribution in [3.05, 3.63) is 90.5 Å². The van der Waals surface area contributed by atoms with Crippen LogP contribution in [0, 0.1) is 0 Å². The first kappa shape index (κ1) is 17.8. The molecule has 0 spiro atoms. The first-order valence-electron chi connectivity index (χ1n) is 7.66. The van der Waals surface area contributed by atoms with Gasteiger partial charge in [-0.2, -0.15) is 0 Å². The maximum absolute atomic E-state index is 9.76. The third-order valence-electron chi connectivity index (χ3n) is 3.40. The lowest BCUT2D eigenvalue weighted by Crippen LogP contribution is -1.88. The van der Waals surface area contributed by atoms with Crippen molar-refractivity contribution in [2.45, 2.75) is 32.6 Å². The standard InChI is InChI=1S/C12H14O.C9H12/c1-3-6-10-8-5-9-11(7-4-2)12(10)13;1-8(2)9-6-4-3-5-7-9/h3-5,8-9,13H,1-2,6-7H2;3-8H,1-2H3. The lowest BCUT2D eigenvalue weighted by Gasteiger charge is -2.05. The quantitative estimate of drug-likeness (QED) is 0.705. The highest BCUT2D eigenvalue weighted by Crippen LogP contribution is 2.23. The van der Waals surface area contributed by atoms with Crippen molar-refractivity contribution >= 4 is 0 Å². The Morgan fingerprint density at radius 1 is 0.864 bits per heavy atom. The van der Waals surface area contributed by atoms with Gasteiger partial charge in [0.15, 0.2) is 0 Å². The number of para-hydroxylation sites is 1. The molecule has 0 unspecified atom stereocenters. The van der Waals surface area contributed by atoms with Crippen molar-refractivity contribution in [2.24, 2.45) is 0 Å². The third kappa shape index (κ3) is 5.61. The van der Waals surface area contributed by atoms with Crippen molar-refractivity contribution < 1.29 is 5.11 Å². The Hall–Kier alpha value is -2.28. The Bertz CT molecular complexity index is 554. The summed E-state index contributed by atoms with van der Waals surface area (Å²) in [4.78, 5) is 0. The van der Waals surface area contributed by atoms with Crippen LogP contribution in [-0.2, 0) is 12.8 Å². The molecule has 1 N–H and O–H groups in total. The summed E-state index contributed by atoms with van der Waals surface area (Å²) in [6.07, 6.45) is 4.98. The highest BCUT2D eigenvalue weighted by molar-refractivity contribution is 5.42. The molecule has 1 heteroatoms. The van der Waals surface area contributed by atoms with E-state index in [0.29, 0.717) is 24.5 Å². The van der Waals surface area contributed by atoms with Crippen molar-refractivity contribution in [1.29, 1.82) is 0 Å². The second kappa shape index (κ2) is 9.62. The van der Waals surface area contributed by atoms with Crippen LogP contribution in [-0.4, -0.2) is 5.11 Å². The molecule has 116 valence electrons. The number of benzene rings is 2. The Morgan fingerprint density at radius 3 is 1.73 bits per heavy atom. The number of phenols is 1. The van der Waals surface area contributed by atoms with Gasteiger partial charge in [0.05, 0.1) is 0 Å². The van der Waals surface area contributed by atoms with E-state index < -0.39 is 0 Å². The van der Waals surface area contributed by atoms with Crippen molar-refractivity contribution in [3.63, 3.8) is 0 Å². The molecule has 0 aliphatic rings. The zero-order valence-corrected chi connectivity index (χ0v) is 13.6. The average molecular weight is 294 g/mol. The molecule has 1 nitrogen and oxygen atoms in total. The van der Waals surface area contributed by atoms with Gasteiger partial charge >= 0.3 is 0 Å². The van der Waals surface area contributed by atoms with Gasteiger partial charge in [-0.25, -0.2) is 0 Å². The largest absolute Gasteiger partial charge is 0.507 e. The van der Waals surface area contributed by atoms with E-state index in [1.165, 1.54) is 5.56 Å². The SMILES string of the molecule is C=CCc1cccc(CC=C)c1O.CC(C)c1ccccc1. The van der Waals surface area contributed by atoms with E-state index in [2.05, 4.69) is 51.3 Å². The molecular weight excluding hydrogens is 268 g/mol. The minimum absolute atomic E-state index is 0.377. The monoisotopic (exact) mass is 294 g/mol. The van der Waals surface area contributed by atoms with Gasteiger partial charge in [0.2, 0.25) is 0 Å². The predicted octanol–water partition coefficient (Wildman–Crippen LogP) is 5.66. The number of rotatable bonds is 5. The van der Waals surface area contributed by atoms with E-state index in [1.807, 2.05) is 24.3 Å². The maximum atomic E-state index is 9.76. The highest BCUT2D eigenvalue weighted by atomic mass is 16.3. The molecule has 0 amide bonds. The third-order valence-corrected chi connectivity index (χ3v) is 3.40. The van der Waals surface area contributed by atoms with Crippen LogP contribution in [0.15, 0.2) is 73.8 Å². The van der Waals surface area contributed by atoms with Crippen LogP contribution >= 0.6 is 0 Å². The second-order valence-electron chi connectivity index (χ2n) is 5.48. The van der Waals surface area contributed by atoms with E-state index in [0.717, 1.165) is 11.1 Å². The molecule has 0 heterocycles. The normalized spacial score (nSPS) is 9.77. The minimum Gasteiger partial charge on any atom is -0.507 e. The topological polar surface area (TPSA) is 20.2 Å². The number of aromatic hydroxyl groups is 1. The van der Waals surface area contributed by atoms with Crippen molar-refractivity contribution in [3.8, 4) is 5.75 Å². The smallest absolute Gasteiger partial charge is 0.122 e. The molecule has 0 aliphatic carbocycles. The van der Waals surface area contributed by atoms with Crippen LogP contribution in [0.4, 0.5) is 0 Å². The van der Waals surface area contributed by atoms with Gasteiger partial charge in [-0.1, -0.05) is 74.5 Å².